The zero-order chi connectivity index (χ0) is 16.3. The first-order valence-electron chi connectivity index (χ1n) is 8.03. The first kappa shape index (κ1) is 16.5. The smallest absolute Gasteiger partial charge is 0.337 e. The van der Waals surface area contributed by atoms with Crippen LogP contribution in [0.4, 0.5) is 5.69 Å². The van der Waals surface area contributed by atoms with Crippen LogP contribution in [-0.2, 0) is 4.79 Å². The third-order valence-electron chi connectivity index (χ3n) is 4.77. The average molecular weight is 303 g/mol. The zero-order valence-corrected chi connectivity index (χ0v) is 13.5. The highest BCUT2D eigenvalue weighted by Crippen LogP contribution is 2.38. The van der Waals surface area contributed by atoms with Crippen molar-refractivity contribution in [3.8, 4) is 0 Å². The Labute approximate surface area is 131 Å². The van der Waals surface area contributed by atoms with Crippen LogP contribution in [0.2, 0.25) is 0 Å². The number of anilines is 1. The quantitative estimate of drug-likeness (QED) is 0.882. The molecule has 3 atom stereocenters. The SMILES string of the molecule is CC1CCC(C(C)C)C(C(=O)Nc2ccccc2C(=O)O)C1. The van der Waals surface area contributed by atoms with E-state index in [4.69, 9.17) is 0 Å². The van der Waals surface area contributed by atoms with Crippen LogP contribution in [0.5, 0.6) is 0 Å². The summed E-state index contributed by atoms with van der Waals surface area (Å²) < 4.78 is 0. The van der Waals surface area contributed by atoms with Gasteiger partial charge in [-0.25, -0.2) is 4.79 Å². The van der Waals surface area contributed by atoms with Gasteiger partial charge in [0.15, 0.2) is 0 Å². The average Bonchev–Trinajstić information content (AvgIpc) is 2.47. The molecule has 1 aliphatic carbocycles. The van der Waals surface area contributed by atoms with Gasteiger partial charge in [-0.3, -0.25) is 4.79 Å². The Bertz CT molecular complexity index is 553. The molecule has 1 aromatic rings. The first-order valence-corrected chi connectivity index (χ1v) is 8.03. The van der Waals surface area contributed by atoms with E-state index in [0.29, 0.717) is 23.4 Å². The van der Waals surface area contributed by atoms with Crippen LogP contribution in [0.1, 0.15) is 50.4 Å². The van der Waals surface area contributed by atoms with Gasteiger partial charge >= 0.3 is 5.97 Å². The molecule has 4 heteroatoms. The van der Waals surface area contributed by atoms with E-state index in [0.717, 1.165) is 12.8 Å². The normalized spacial score (nSPS) is 25.0. The summed E-state index contributed by atoms with van der Waals surface area (Å²) >= 11 is 0. The maximum Gasteiger partial charge on any atom is 0.337 e. The van der Waals surface area contributed by atoms with Gasteiger partial charge in [0.05, 0.1) is 11.3 Å². The van der Waals surface area contributed by atoms with Gasteiger partial charge in [-0.15, -0.1) is 0 Å². The minimum Gasteiger partial charge on any atom is -0.478 e. The molecule has 0 aromatic heterocycles. The van der Waals surface area contributed by atoms with Crippen LogP contribution in [-0.4, -0.2) is 17.0 Å². The van der Waals surface area contributed by atoms with E-state index in [1.807, 2.05) is 0 Å². The minimum absolute atomic E-state index is 0.0365. The summed E-state index contributed by atoms with van der Waals surface area (Å²) in [6.45, 7) is 6.50. The van der Waals surface area contributed by atoms with Crippen molar-refractivity contribution in [3.63, 3.8) is 0 Å². The second kappa shape index (κ2) is 6.95. The van der Waals surface area contributed by atoms with E-state index in [-0.39, 0.29) is 17.4 Å². The number of amides is 1. The molecule has 0 heterocycles. The highest BCUT2D eigenvalue weighted by atomic mass is 16.4. The molecular weight excluding hydrogens is 278 g/mol. The zero-order valence-electron chi connectivity index (χ0n) is 13.5. The largest absolute Gasteiger partial charge is 0.478 e. The number of carbonyl (C=O) groups is 2. The van der Waals surface area contributed by atoms with Crippen LogP contribution in [0.3, 0.4) is 0 Å². The van der Waals surface area contributed by atoms with E-state index < -0.39 is 5.97 Å². The molecule has 2 rings (SSSR count). The van der Waals surface area contributed by atoms with Crippen molar-refractivity contribution in [1.29, 1.82) is 0 Å². The first-order chi connectivity index (χ1) is 10.4. The summed E-state index contributed by atoms with van der Waals surface area (Å²) in [7, 11) is 0. The molecule has 1 amide bonds. The number of carboxylic acids is 1. The second-order valence-corrected chi connectivity index (χ2v) is 6.77. The molecule has 1 aromatic carbocycles. The van der Waals surface area contributed by atoms with E-state index in [9.17, 15) is 14.7 Å². The third-order valence-corrected chi connectivity index (χ3v) is 4.77. The number of hydrogen-bond acceptors (Lipinski definition) is 2. The van der Waals surface area contributed by atoms with Crippen LogP contribution in [0.25, 0.3) is 0 Å². The van der Waals surface area contributed by atoms with Crippen LogP contribution in [0.15, 0.2) is 24.3 Å². The lowest BCUT2D eigenvalue weighted by Gasteiger charge is -2.36. The van der Waals surface area contributed by atoms with E-state index in [1.165, 1.54) is 12.5 Å². The number of aromatic carboxylic acids is 1. The summed E-state index contributed by atoms with van der Waals surface area (Å²) in [6, 6.07) is 6.57. The van der Waals surface area contributed by atoms with Gasteiger partial charge in [0.1, 0.15) is 0 Å². The fraction of sp³-hybridized carbons (Fsp3) is 0.556. The van der Waals surface area contributed by atoms with Crippen LogP contribution < -0.4 is 5.32 Å². The molecule has 0 bridgehead atoms. The maximum absolute atomic E-state index is 12.7. The van der Waals surface area contributed by atoms with Crippen molar-refractivity contribution < 1.29 is 14.7 Å². The fourth-order valence-corrected chi connectivity index (χ4v) is 3.51. The Morgan fingerprint density at radius 3 is 2.55 bits per heavy atom. The molecule has 0 aliphatic heterocycles. The van der Waals surface area contributed by atoms with Gasteiger partial charge in [0, 0.05) is 5.92 Å². The van der Waals surface area contributed by atoms with Gasteiger partial charge in [-0.1, -0.05) is 39.3 Å². The molecule has 2 N–H and O–H groups in total. The lowest BCUT2D eigenvalue weighted by Crippen LogP contribution is -2.36. The lowest BCUT2D eigenvalue weighted by molar-refractivity contribution is -0.123. The van der Waals surface area contributed by atoms with Gasteiger partial charge in [-0.2, -0.15) is 0 Å². The van der Waals surface area contributed by atoms with Crippen LogP contribution in [0, 0.1) is 23.7 Å². The van der Waals surface area contributed by atoms with Crippen molar-refractivity contribution in [2.45, 2.75) is 40.0 Å². The van der Waals surface area contributed by atoms with Gasteiger partial charge in [-0.05, 0) is 42.7 Å². The molecule has 1 saturated carbocycles. The van der Waals surface area contributed by atoms with E-state index in [2.05, 4.69) is 26.1 Å². The molecule has 0 radical (unpaired) electrons. The predicted octanol–water partition coefficient (Wildman–Crippen LogP) is 4.03. The Kier molecular flexibility index (Phi) is 5.22. The molecule has 120 valence electrons. The molecule has 4 nitrogen and oxygen atoms in total. The molecule has 0 spiro atoms. The summed E-state index contributed by atoms with van der Waals surface area (Å²) in [5.41, 5.74) is 0.529. The van der Waals surface area contributed by atoms with Gasteiger partial charge in [0.2, 0.25) is 5.91 Å². The number of carbonyl (C=O) groups excluding carboxylic acids is 1. The lowest BCUT2D eigenvalue weighted by atomic mass is 9.70. The summed E-state index contributed by atoms with van der Waals surface area (Å²) in [5.74, 6) is 0.268. The number of nitrogens with one attached hydrogen (secondary N) is 1. The Balaban J connectivity index is 2.18. The van der Waals surface area contributed by atoms with Crippen molar-refractivity contribution in [3.05, 3.63) is 29.8 Å². The maximum atomic E-state index is 12.7. The Morgan fingerprint density at radius 1 is 1.23 bits per heavy atom. The standard InChI is InChI=1S/C18H25NO3/c1-11(2)13-9-8-12(3)10-15(13)17(20)19-16-7-5-4-6-14(16)18(21)22/h4-7,11-13,15H,8-10H2,1-3H3,(H,19,20)(H,21,22). The molecule has 3 unspecified atom stereocenters. The van der Waals surface area contributed by atoms with E-state index >= 15 is 0 Å². The second-order valence-electron chi connectivity index (χ2n) is 6.77. The number of carboxylic acid groups (broad SMARTS) is 1. The van der Waals surface area contributed by atoms with Crippen molar-refractivity contribution in [2.75, 3.05) is 5.32 Å². The Morgan fingerprint density at radius 2 is 1.91 bits per heavy atom. The summed E-state index contributed by atoms with van der Waals surface area (Å²) in [5, 5.41) is 12.1. The van der Waals surface area contributed by atoms with Crippen molar-refractivity contribution >= 4 is 17.6 Å². The third kappa shape index (κ3) is 3.67. The number of para-hydroxylation sites is 1. The van der Waals surface area contributed by atoms with Crippen molar-refractivity contribution in [1.82, 2.24) is 0 Å². The minimum atomic E-state index is -1.02. The predicted molar refractivity (Wildman–Crippen MR) is 86.9 cm³/mol. The summed E-state index contributed by atoms with van der Waals surface area (Å²) in [6.07, 6.45) is 3.11. The molecule has 1 aliphatic rings. The molecular formula is C18H25NO3. The molecule has 0 saturated heterocycles. The molecule has 1 fully saturated rings. The van der Waals surface area contributed by atoms with Gasteiger partial charge < -0.3 is 10.4 Å². The summed E-state index contributed by atoms with van der Waals surface area (Å²) in [4.78, 5) is 24.0. The van der Waals surface area contributed by atoms with Gasteiger partial charge in [0.25, 0.3) is 0 Å². The number of rotatable bonds is 4. The van der Waals surface area contributed by atoms with Crippen LogP contribution >= 0.6 is 0 Å². The van der Waals surface area contributed by atoms with E-state index in [1.54, 1.807) is 18.2 Å². The monoisotopic (exact) mass is 303 g/mol. The molecule has 22 heavy (non-hydrogen) atoms. The fourth-order valence-electron chi connectivity index (χ4n) is 3.51. The highest BCUT2D eigenvalue weighted by Gasteiger charge is 2.35. The number of benzene rings is 1. The Hall–Kier alpha value is -1.84. The topological polar surface area (TPSA) is 66.4 Å². The highest BCUT2D eigenvalue weighted by molar-refractivity contribution is 6.01. The number of hydrogen-bond donors (Lipinski definition) is 2. The van der Waals surface area contributed by atoms with Crippen molar-refractivity contribution in [2.24, 2.45) is 23.7 Å².